The summed E-state index contributed by atoms with van der Waals surface area (Å²) in [5.74, 6) is -0.0506. The van der Waals surface area contributed by atoms with E-state index in [4.69, 9.17) is 10.5 Å². The van der Waals surface area contributed by atoms with Crippen molar-refractivity contribution in [2.75, 3.05) is 19.7 Å². The van der Waals surface area contributed by atoms with Gasteiger partial charge in [0.1, 0.15) is 0 Å². The molecule has 6 nitrogen and oxygen atoms in total. The molecule has 110 valence electrons. The molecule has 1 aliphatic rings. The van der Waals surface area contributed by atoms with E-state index in [1.165, 1.54) is 0 Å². The molecule has 1 heterocycles. The summed E-state index contributed by atoms with van der Waals surface area (Å²) < 4.78 is 4.85. The van der Waals surface area contributed by atoms with Crippen molar-refractivity contribution in [2.24, 2.45) is 5.73 Å². The number of nitrogens with two attached hydrogens (primary N) is 1. The highest BCUT2D eigenvalue weighted by Gasteiger charge is 2.34. The fourth-order valence-electron chi connectivity index (χ4n) is 2.13. The van der Waals surface area contributed by atoms with Crippen molar-refractivity contribution in [3.05, 3.63) is 0 Å². The quantitative estimate of drug-likeness (QED) is 0.794. The molecular formula is C13H25N3O3. The number of likely N-dealkylation sites (tertiary alicyclic amines) is 1. The maximum Gasteiger partial charge on any atom is 0.407 e. The smallest absolute Gasteiger partial charge is 0.407 e. The lowest BCUT2D eigenvalue weighted by Crippen LogP contribution is -2.58. The SMILES string of the molecule is CCOC(=O)NC1CCCN(C(=O)C(C)(N)CC)C1. The lowest BCUT2D eigenvalue weighted by molar-refractivity contribution is -0.137. The van der Waals surface area contributed by atoms with Crippen LogP contribution in [0.2, 0.25) is 0 Å². The van der Waals surface area contributed by atoms with Crippen LogP contribution >= 0.6 is 0 Å². The summed E-state index contributed by atoms with van der Waals surface area (Å²) in [6, 6.07) is -0.0515. The van der Waals surface area contributed by atoms with E-state index in [2.05, 4.69) is 5.32 Å². The minimum Gasteiger partial charge on any atom is -0.450 e. The Balaban J connectivity index is 2.55. The first-order valence-corrected chi connectivity index (χ1v) is 6.92. The van der Waals surface area contributed by atoms with Crippen LogP contribution in [0, 0.1) is 0 Å². The number of nitrogens with one attached hydrogen (secondary N) is 1. The second-order valence-electron chi connectivity index (χ2n) is 5.23. The monoisotopic (exact) mass is 271 g/mol. The summed E-state index contributed by atoms with van der Waals surface area (Å²) in [5, 5.41) is 2.78. The van der Waals surface area contributed by atoms with Crippen LogP contribution in [0.4, 0.5) is 4.79 Å². The number of piperidine rings is 1. The summed E-state index contributed by atoms with van der Waals surface area (Å²) in [6.45, 7) is 6.96. The minimum absolute atomic E-state index is 0.0506. The molecule has 0 radical (unpaired) electrons. The maximum atomic E-state index is 12.3. The Morgan fingerprint density at radius 3 is 2.74 bits per heavy atom. The first kappa shape index (κ1) is 15.8. The Bertz CT molecular complexity index is 331. The number of carbonyl (C=O) groups excluding carboxylic acids is 2. The van der Waals surface area contributed by atoms with Crippen molar-refractivity contribution in [2.45, 2.75) is 51.6 Å². The third-order valence-corrected chi connectivity index (χ3v) is 3.53. The molecule has 0 aromatic carbocycles. The lowest BCUT2D eigenvalue weighted by atomic mass is 9.96. The van der Waals surface area contributed by atoms with Crippen LogP contribution in [0.3, 0.4) is 0 Å². The minimum atomic E-state index is -0.828. The molecule has 2 amide bonds. The number of amides is 2. The molecule has 0 saturated carbocycles. The van der Waals surface area contributed by atoms with Crippen LogP contribution in [-0.2, 0) is 9.53 Å². The van der Waals surface area contributed by atoms with Crippen LogP contribution in [0.25, 0.3) is 0 Å². The second kappa shape index (κ2) is 6.75. The highest BCUT2D eigenvalue weighted by Crippen LogP contribution is 2.16. The number of carbonyl (C=O) groups is 2. The van der Waals surface area contributed by atoms with Crippen molar-refractivity contribution in [1.29, 1.82) is 0 Å². The zero-order valence-corrected chi connectivity index (χ0v) is 12.1. The number of nitrogens with zero attached hydrogens (tertiary/aromatic N) is 1. The predicted octanol–water partition coefficient (Wildman–Crippen LogP) is 0.851. The Kier molecular flexibility index (Phi) is 5.60. The van der Waals surface area contributed by atoms with Crippen LogP contribution in [0.1, 0.15) is 40.0 Å². The highest BCUT2D eigenvalue weighted by molar-refractivity contribution is 5.85. The molecule has 1 fully saturated rings. The van der Waals surface area contributed by atoms with Crippen LogP contribution in [0.5, 0.6) is 0 Å². The van der Waals surface area contributed by atoms with Crippen LogP contribution < -0.4 is 11.1 Å². The molecule has 1 aliphatic heterocycles. The van der Waals surface area contributed by atoms with Gasteiger partial charge in [0.15, 0.2) is 0 Å². The fourth-order valence-corrected chi connectivity index (χ4v) is 2.13. The van der Waals surface area contributed by atoms with Crippen molar-refractivity contribution in [1.82, 2.24) is 10.2 Å². The Hall–Kier alpha value is -1.30. The molecule has 0 aromatic rings. The molecule has 0 aromatic heterocycles. The third kappa shape index (κ3) is 4.38. The van der Waals surface area contributed by atoms with Gasteiger partial charge in [-0.1, -0.05) is 6.92 Å². The van der Waals surface area contributed by atoms with Gasteiger partial charge in [0, 0.05) is 19.1 Å². The van der Waals surface area contributed by atoms with Gasteiger partial charge in [-0.15, -0.1) is 0 Å². The average Bonchev–Trinajstić information content (AvgIpc) is 2.38. The van der Waals surface area contributed by atoms with E-state index < -0.39 is 11.6 Å². The summed E-state index contributed by atoms with van der Waals surface area (Å²) in [5.41, 5.74) is 5.15. The number of hydrogen-bond acceptors (Lipinski definition) is 4. The summed E-state index contributed by atoms with van der Waals surface area (Å²) >= 11 is 0. The average molecular weight is 271 g/mol. The number of ether oxygens (including phenoxy) is 1. The number of rotatable bonds is 4. The van der Waals surface area contributed by atoms with Gasteiger partial charge >= 0.3 is 6.09 Å². The van der Waals surface area contributed by atoms with E-state index in [-0.39, 0.29) is 11.9 Å². The lowest BCUT2D eigenvalue weighted by Gasteiger charge is -2.37. The Morgan fingerprint density at radius 2 is 2.16 bits per heavy atom. The summed E-state index contributed by atoms with van der Waals surface area (Å²) in [4.78, 5) is 25.4. The molecular weight excluding hydrogens is 246 g/mol. The molecule has 3 N–H and O–H groups in total. The first-order chi connectivity index (χ1) is 8.90. The van der Waals surface area contributed by atoms with Gasteiger partial charge in [-0.2, -0.15) is 0 Å². The maximum absolute atomic E-state index is 12.3. The largest absolute Gasteiger partial charge is 0.450 e. The number of hydrogen-bond donors (Lipinski definition) is 2. The van der Waals surface area contributed by atoms with E-state index in [0.717, 1.165) is 12.8 Å². The van der Waals surface area contributed by atoms with Crippen LogP contribution in [-0.4, -0.2) is 48.2 Å². The molecule has 2 atom stereocenters. The van der Waals surface area contributed by atoms with E-state index in [1.54, 1.807) is 18.7 Å². The zero-order chi connectivity index (χ0) is 14.5. The summed E-state index contributed by atoms with van der Waals surface area (Å²) in [7, 11) is 0. The normalized spacial score (nSPS) is 22.5. The molecule has 2 unspecified atom stereocenters. The molecule has 0 spiro atoms. The Morgan fingerprint density at radius 1 is 1.47 bits per heavy atom. The topological polar surface area (TPSA) is 84.7 Å². The second-order valence-corrected chi connectivity index (χ2v) is 5.23. The van der Waals surface area contributed by atoms with E-state index in [0.29, 0.717) is 26.1 Å². The van der Waals surface area contributed by atoms with Crippen molar-refractivity contribution in [3.63, 3.8) is 0 Å². The molecule has 6 heteroatoms. The first-order valence-electron chi connectivity index (χ1n) is 6.92. The molecule has 0 bridgehead atoms. The molecule has 0 aliphatic carbocycles. The predicted molar refractivity (Wildman–Crippen MR) is 72.6 cm³/mol. The van der Waals surface area contributed by atoms with E-state index in [9.17, 15) is 9.59 Å². The van der Waals surface area contributed by atoms with Crippen LogP contribution in [0.15, 0.2) is 0 Å². The molecule has 19 heavy (non-hydrogen) atoms. The van der Waals surface area contributed by atoms with Gasteiger partial charge in [-0.25, -0.2) is 4.79 Å². The van der Waals surface area contributed by atoms with Gasteiger partial charge in [-0.05, 0) is 33.1 Å². The fraction of sp³-hybridized carbons (Fsp3) is 0.846. The van der Waals surface area contributed by atoms with Crippen molar-refractivity contribution < 1.29 is 14.3 Å². The third-order valence-electron chi connectivity index (χ3n) is 3.53. The van der Waals surface area contributed by atoms with Gasteiger partial charge < -0.3 is 20.7 Å². The van der Waals surface area contributed by atoms with Gasteiger partial charge in [-0.3, -0.25) is 4.79 Å². The number of alkyl carbamates (subject to hydrolysis) is 1. The molecule has 1 rings (SSSR count). The van der Waals surface area contributed by atoms with Gasteiger partial charge in [0.25, 0.3) is 0 Å². The highest BCUT2D eigenvalue weighted by atomic mass is 16.5. The van der Waals surface area contributed by atoms with Gasteiger partial charge in [0.05, 0.1) is 12.1 Å². The summed E-state index contributed by atoms with van der Waals surface area (Å²) in [6.07, 6.45) is 1.89. The Labute approximate surface area is 114 Å². The van der Waals surface area contributed by atoms with E-state index in [1.807, 2.05) is 6.92 Å². The molecule has 1 saturated heterocycles. The van der Waals surface area contributed by atoms with Crippen molar-refractivity contribution >= 4 is 12.0 Å². The van der Waals surface area contributed by atoms with Gasteiger partial charge in [0.2, 0.25) is 5.91 Å². The van der Waals surface area contributed by atoms with Crippen molar-refractivity contribution in [3.8, 4) is 0 Å². The standard InChI is InChI=1S/C13H25N3O3/c1-4-13(3,14)11(17)16-8-6-7-10(9-16)15-12(18)19-5-2/h10H,4-9,14H2,1-3H3,(H,15,18). The van der Waals surface area contributed by atoms with E-state index >= 15 is 0 Å². The zero-order valence-electron chi connectivity index (χ0n) is 12.1.